The number of terminal acetylenes is 1. The summed E-state index contributed by atoms with van der Waals surface area (Å²) in [6.45, 7) is 3.91. The lowest BCUT2D eigenvalue weighted by atomic mass is 10.1. The molecule has 1 aromatic carbocycles. The van der Waals surface area contributed by atoms with Crippen LogP contribution in [0.2, 0.25) is 0 Å². The molecule has 0 aliphatic carbocycles. The Hall–Kier alpha value is -0.850. The van der Waals surface area contributed by atoms with E-state index in [1.807, 2.05) is 13.8 Å². The molecule has 1 nitrogen and oxygen atoms in total. The SMILES string of the molecule is C#CC(CC)NC(C)c1cc(Br)ccc1F. The lowest BCUT2D eigenvalue weighted by Gasteiger charge is -2.19. The lowest BCUT2D eigenvalue weighted by molar-refractivity contribution is 0.488. The van der Waals surface area contributed by atoms with Crippen LogP contribution in [0.25, 0.3) is 0 Å². The van der Waals surface area contributed by atoms with E-state index in [2.05, 4.69) is 27.2 Å². The Balaban J connectivity index is 2.84. The first-order chi connectivity index (χ1) is 7.58. The Bertz CT molecular complexity index is 397. The number of hydrogen-bond acceptors (Lipinski definition) is 1. The minimum Gasteiger partial charge on any atom is -0.297 e. The van der Waals surface area contributed by atoms with Gasteiger partial charge in [0.1, 0.15) is 5.82 Å². The maximum atomic E-state index is 13.6. The van der Waals surface area contributed by atoms with Gasteiger partial charge in [0.2, 0.25) is 0 Å². The van der Waals surface area contributed by atoms with Crippen LogP contribution < -0.4 is 5.32 Å². The molecule has 16 heavy (non-hydrogen) atoms. The average Bonchev–Trinajstić information content (AvgIpc) is 2.28. The predicted octanol–water partition coefficient (Wildman–Crippen LogP) is 3.65. The van der Waals surface area contributed by atoms with E-state index >= 15 is 0 Å². The third-order valence-electron chi connectivity index (χ3n) is 2.49. The highest BCUT2D eigenvalue weighted by atomic mass is 79.9. The normalized spacial score (nSPS) is 14.2. The van der Waals surface area contributed by atoms with Gasteiger partial charge in [0.15, 0.2) is 0 Å². The Morgan fingerprint density at radius 2 is 2.25 bits per heavy atom. The number of halogens is 2. The zero-order chi connectivity index (χ0) is 12.1. The second kappa shape index (κ2) is 6.03. The summed E-state index contributed by atoms with van der Waals surface area (Å²) >= 11 is 3.33. The molecule has 2 atom stereocenters. The van der Waals surface area contributed by atoms with Crippen LogP contribution in [-0.4, -0.2) is 6.04 Å². The molecule has 1 rings (SSSR count). The Morgan fingerprint density at radius 1 is 1.56 bits per heavy atom. The molecule has 0 aliphatic rings. The molecule has 0 saturated heterocycles. The van der Waals surface area contributed by atoms with Crippen molar-refractivity contribution in [1.29, 1.82) is 0 Å². The van der Waals surface area contributed by atoms with Gasteiger partial charge >= 0.3 is 0 Å². The number of nitrogens with one attached hydrogen (secondary N) is 1. The van der Waals surface area contributed by atoms with E-state index in [0.717, 1.165) is 10.9 Å². The van der Waals surface area contributed by atoms with E-state index in [4.69, 9.17) is 6.42 Å². The van der Waals surface area contributed by atoms with Crippen LogP contribution in [0.4, 0.5) is 4.39 Å². The molecule has 0 fully saturated rings. The molecule has 0 aromatic heterocycles. The smallest absolute Gasteiger partial charge is 0.128 e. The van der Waals surface area contributed by atoms with E-state index in [1.54, 1.807) is 12.1 Å². The minimum atomic E-state index is -0.213. The van der Waals surface area contributed by atoms with Gasteiger partial charge in [0, 0.05) is 16.1 Å². The first-order valence-electron chi connectivity index (χ1n) is 5.25. The van der Waals surface area contributed by atoms with Crippen LogP contribution in [0.3, 0.4) is 0 Å². The van der Waals surface area contributed by atoms with E-state index in [0.29, 0.717) is 5.56 Å². The summed E-state index contributed by atoms with van der Waals surface area (Å²) in [6, 6.07) is 4.79. The number of hydrogen-bond donors (Lipinski definition) is 1. The Morgan fingerprint density at radius 3 is 2.81 bits per heavy atom. The average molecular weight is 284 g/mol. The fourth-order valence-corrected chi connectivity index (χ4v) is 1.90. The summed E-state index contributed by atoms with van der Waals surface area (Å²) in [4.78, 5) is 0. The molecular weight excluding hydrogens is 269 g/mol. The van der Waals surface area contributed by atoms with E-state index in [1.165, 1.54) is 6.07 Å². The predicted molar refractivity (Wildman–Crippen MR) is 68.6 cm³/mol. The summed E-state index contributed by atoms with van der Waals surface area (Å²) in [5.41, 5.74) is 0.628. The summed E-state index contributed by atoms with van der Waals surface area (Å²) in [5, 5.41) is 3.20. The maximum absolute atomic E-state index is 13.6. The van der Waals surface area contributed by atoms with Crippen molar-refractivity contribution in [3.63, 3.8) is 0 Å². The summed E-state index contributed by atoms with van der Waals surface area (Å²) in [6.07, 6.45) is 6.19. The molecule has 0 amide bonds. The monoisotopic (exact) mass is 283 g/mol. The largest absolute Gasteiger partial charge is 0.297 e. The van der Waals surface area contributed by atoms with Crippen molar-refractivity contribution in [3.05, 3.63) is 34.1 Å². The topological polar surface area (TPSA) is 12.0 Å². The van der Waals surface area contributed by atoms with E-state index < -0.39 is 0 Å². The van der Waals surface area contributed by atoms with E-state index in [-0.39, 0.29) is 17.9 Å². The van der Waals surface area contributed by atoms with Crippen LogP contribution >= 0.6 is 15.9 Å². The first kappa shape index (κ1) is 13.2. The summed E-state index contributed by atoms with van der Waals surface area (Å²) in [5.74, 6) is 2.43. The third kappa shape index (κ3) is 3.33. The molecule has 0 bridgehead atoms. The molecule has 2 unspecified atom stereocenters. The number of rotatable bonds is 4. The van der Waals surface area contributed by atoms with Crippen LogP contribution in [0, 0.1) is 18.2 Å². The summed E-state index contributed by atoms with van der Waals surface area (Å²) < 4.78 is 14.4. The molecule has 1 aromatic rings. The van der Waals surface area contributed by atoms with Crippen molar-refractivity contribution in [1.82, 2.24) is 5.32 Å². The molecule has 0 aliphatic heterocycles. The minimum absolute atomic E-state index is 0.0200. The molecule has 0 saturated carbocycles. The zero-order valence-electron chi connectivity index (χ0n) is 9.43. The molecule has 86 valence electrons. The first-order valence-corrected chi connectivity index (χ1v) is 6.05. The van der Waals surface area contributed by atoms with Gasteiger partial charge < -0.3 is 0 Å². The van der Waals surface area contributed by atoms with Crippen molar-refractivity contribution in [2.75, 3.05) is 0 Å². The fourth-order valence-electron chi connectivity index (χ4n) is 1.52. The van der Waals surface area contributed by atoms with Crippen LogP contribution in [0.1, 0.15) is 31.9 Å². The second-order valence-corrected chi connectivity index (χ2v) is 4.60. The van der Waals surface area contributed by atoms with Gasteiger partial charge in [0.25, 0.3) is 0 Å². The number of benzene rings is 1. The van der Waals surface area contributed by atoms with Gasteiger partial charge in [-0.3, -0.25) is 5.32 Å². The molecule has 3 heteroatoms. The van der Waals surface area contributed by atoms with Crippen molar-refractivity contribution < 1.29 is 4.39 Å². The van der Waals surface area contributed by atoms with E-state index in [9.17, 15) is 4.39 Å². The van der Waals surface area contributed by atoms with Crippen LogP contribution in [0.15, 0.2) is 22.7 Å². The standard InChI is InChI=1S/C13H15BrFN/c1-4-11(5-2)16-9(3)12-8-10(14)6-7-13(12)15/h1,6-9,11,16H,5H2,2-3H3. The van der Waals surface area contributed by atoms with Gasteiger partial charge in [-0.2, -0.15) is 0 Å². The second-order valence-electron chi connectivity index (χ2n) is 3.68. The molecule has 0 spiro atoms. The highest BCUT2D eigenvalue weighted by Gasteiger charge is 2.13. The molecule has 0 heterocycles. The van der Waals surface area contributed by atoms with Crippen molar-refractivity contribution in [3.8, 4) is 12.3 Å². The van der Waals surface area contributed by atoms with Crippen molar-refractivity contribution >= 4 is 15.9 Å². The van der Waals surface area contributed by atoms with Gasteiger partial charge in [0.05, 0.1) is 6.04 Å². The lowest BCUT2D eigenvalue weighted by Crippen LogP contribution is -2.30. The molecule has 0 radical (unpaired) electrons. The van der Waals surface area contributed by atoms with Gasteiger partial charge in [-0.15, -0.1) is 6.42 Å². The molecular formula is C13H15BrFN. The summed E-state index contributed by atoms with van der Waals surface area (Å²) in [7, 11) is 0. The Kier molecular flexibility index (Phi) is 4.98. The zero-order valence-corrected chi connectivity index (χ0v) is 11.0. The van der Waals surface area contributed by atoms with Crippen molar-refractivity contribution in [2.45, 2.75) is 32.4 Å². The van der Waals surface area contributed by atoms with Crippen LogP contribution in [-0.2, 0) is 0 Å². The van der Waals surface area contributed by atoms with Gasteiger partial charge in [-0.1, -0.05) is 28.8 Å². The maximum Gasteiger partial charge on any atom is 0.128 e. The third-order valence-corrected chi connectivity index (χ3v) is 2.98. The molecule has 1 N–H and O–H groups in total. The quantitative estimate of drug-likeness (QED) is 0.832. The highest BCUT2D eigenvalue weighted by Crippen LogP contribution is 2.22. The van der Waals surface area contributed by atoms with Crippen LogP contribution in [0.5, 0.6) is 0 Å². The Labute approximate surface area is 105 Å². The van der Waals surface area contributed by atoms with Crippen molar-refractivity contribution in [2.24, 2.45) is 0 Å². The highest BCUT2D eigenvalue weighted by molar-refractivity contribution is 9.10. The van der Waals surface area contributed by atoms with Gasteiger partial charge in [-0.05, 0) is 31.5 Å². The van der Waals surface area contributed by atoms with Gasteiger partial charge in [-0.25, -0.2) is 4.39 Å². The fraction of sp³-hybridized carbons (Fsp3) is 0.385.